The molecule has 7 heteroatoms. The first-order valence-corrected chi connectivity index (χ1v) is 8.68. The zero-order valence-electron chi connectivity index (χ0n) is 14.4. The minimum atomic E-state index is -0.494. The Morgan fingerprint density at radius 1 is 1.24 bits per heavy atom. The summed E-state index contributed by atoms with van der Waals surface area (Å²) in [5.41, 5.74) is 0.0929. The van der Waals surface area contributed by atoms with Gasteiger partial charge in [-0.2, -0.15) is 4.98 Å². The number of carbonyl (C=O) groups excluding carboxylic acids is 1. The maximum absolute atomic E-state index is 12.0. The number of nitrogens with one attached hydrogen (secondary N) is 1. The number of hydrogen-bond donors (Lipinski definition) is 1. The van der Waals surface area contributed by atoms with Crippen molar-refractivity contribution < 1.29 is 14.1 Å². The molecule has 132 valence electrons. The van der Waals surface area contributed by atoms with Crippen LogP contribution in [0.1, 0.15) is 45.9 Å². The minimum absolute atomic E-state index is 0.0802. The number of benzene rings is 1. The zero-order valence-corrected chi connectivity index (χ0v) is 15.2. The Balaban J connectivity index is 1.40. The van der Waals surface area contributed by atoms with Gasteiger partial charge in [0.1, 0.15) is 5.60 Å². The molecule has 25 heavy (non-hydrogen) atoms. The van der Waals surface area contributed by atoms with Crippen LogP contribution in [0.15, 0.2) is 28.8 Å². The average Bonchev–Trinajstić information content (AvgIpc) is 2.89. The van der Waals surface area contributed by atoms with Gasteiger partial charge in [-0.05, 0) is 64.3 Å². The van der Waals surface area contributed by atoms with Gasteiger partial charge in [0.2, 0.25) is 0 Å². The van der Waals surface area contributed by atoms with E-state index in [0.717, 1.165) is 24.8 Å². The quantitative estimate of drug-likeness (QED) is 0.890. The molecule has 1 N–H and O–H groups in total. The molecule has 2 bridgehead atoms. The van der Waals surface area contributed by atoms with Crippen LogP contribution in [0, 0.1) is 0 Å². The lowest BCUT2D eigenvalue weighted by atomic mass is 9.39. The van der Waals surface area contributed by atoms with Crippen LogP contribution in [0.3, 0.4) is 0 Å². The van der Waals surface area contributed by atoms with Crippen LogP contribution in [0.25, 0.3) is 11.5 Å². The Bertz CT molecular complexity index is 803. The van der Waals surface area contributed by atoms with Crippen molar-refractivity contribution in [2.24, 2.45) is 0 Å². The van der Waals surface area contributed by atoms with Crippen molar-refractivity contribution in [2.45, 2.75) is 56.6 Å². The van der Waals surface area contributed by atoms with Crippen LogP contribution < -0.4 is 5.32 Å². The summed E-state index contributed by atoms with van der Waals surface area (Å²) in [7, 11) is 0. The molecule has 3 fully saturated rings. The zero-order chi connectivity index (χ0) is 17.9. The first-order chi connectivity index (χ1) is 11.7. The summed E-state index contributed by atoms with van der Waals surface area (Å²) >= 11 is 5.90. The third-order valence-corrected chi connectivity index (χ3v) is 5.04. The largest absolute Gasteiger partial charge is 0.444 e. The molecule has 0 saturated heterocycles. The van der Waals surface area contributed by atoms with Crippen molar-refractivity contribution in [2.75, 3.05) is 0 Å². The molecular weight excluding hydrogens is 342 g/mol. The highest BCUT2D eigenvalue weighted by atomic mass is 35.5. The third-order valence-electron chi connectivity index (χ3n) is 4.79. The lowest BCUT2D eigenvalue weighted by Gasteiger charge is -2.68. The summed E-state index contributed by atoms with van der Waals surface area (Å²) in [5.74, 6) is 1.20. The van der Waals surface area contributed by atoms with Crippen molar-refractivity contribution in [3.63, 3.8) is 0 Å². The van der Waals surface area contributed by atoms with E-state index in [9.17, 15) is 4.79 Å². The predicted molar refractivity (Wildman–Crippen MR) is 92.4 cm³/mol. The van der Waals surface area contributed by atoms with Crippen molar-refractivity contribution in [1.82, 2.24) is 15.5 Å². The number of ether oxygens (including phenoxy) is 1. The highest BCUT2D eigenvalue weighted by Crippen LogP contribution is 2.67. The molecule has 1 amide bonds. The van der Waals surface area contributed by atoms with Gasteiger partial charge in [0.25, 0.3) is 5.89 Å². The van der Waals surface area contributed by atoms with Crippen LogP contribution in [-0.2, 0) is 10.2 Å². The number of halogens is 1. The summed E-state index contributed by atoms with van der Waals surface area (Å²) in [6, 6.07) is 7.30. The molecule has 1 heterocycles. The number of nitrogens with zero attached hydrogens (tertiary/aromatic N) is 2. The second-order valence-electron chi connectivity index (χ2n) is 8.15. The molecule has 2 aromatic rings. The first-order valence-electron chi connectivity index (χ1n) is 8.30. The van der Waals surface area contributed by atoms with Crippen LogP contribution in [0.4, 0.5) is 4.79 Å². The van der Waals surface area contributed by atoms with E-state index in [1.54, 1.807) is 12.1 Å². The second-order valence-corrected chi connectivity index (χ2v) is 8.58. The fourth-order valence-corrected chi connectivity index (χ4v) is 3.95. The van der Waals surface area contributed by atoms with Crippen molar-refractivity contribution in [3.05, 3.63) is 35.1 Å². The van der Waals surface area contributed by atoms with E-state index in [0.29, 0.717) is 16.7 Å². The summed E-state index contributed by atoms with van der Waals surface area (Å²) in [6.45, 7) is 5.56. The Kier molecular flexibility index (Phi) is 3.41. The van der Waals surface area contributed by atoms with Gasteiger partial charge in [-0.3, -0.25) is 0 Å². The van der Waals surface area contributed by atoms with Crippen LogP contribution in [0.2, 0.25) is 5.02 Å². The van der Waals surface area contributed by atoms with Crippen molar-refractivity contribution in [1.29, 1.82) is 0 Å². The van der Waals surface area contributed by atoms with E-state index >= 15 is 0 Å². The van der Waals surface area contributed by atoms with Crippen LogP contribution >= 0.6 is 11.6 Å². The topological polar surface area (TPSA) is 77.2 Å². The molecule has 1 aromatic heterocycles. The van der Waals surface area contributed by atoms with E-state index in [1.807, 2.05) is 32.9 Å². The molecule has 3 aliphatic carbocycles. The molecule has 0 unspecified atom stereocenters. The molecule has 0 aliphatic heterocycles. The summed E-state index contributed by atoms with van der Waals surface area (Å²) in [4.78, 5) is 16.5. The monoisotopic (exact) mass is 361 g/mol. The number of rotatable bonds is 3. The third kappa shape index (κ3) is 2.88. The van der Waals surface area contributed by atoms with Crippen LogP contribution in [0.5, 0.6) is 0 Å². The van der Waals surface area contributed by atoms with Gasteiger partial charge in [0.05, 0.1) is 0 Å². The lowest BCUT2D eigenvalue weighted by molar-refractivity contribution is -0.0943. The van der Waals surface area contributed by atoms with E-state index in [1.165, 1.54) is 0 Å². The van der Waals surface area contributed by atoms with E-state index < -0.39 is 5.60 Å². The molecule has 6 nitrogen and oxygen atoms in total. The molecule has 3 saturated carbocycles. The van der Waals surface area contributed by atoms with E-state index in [-0.39, 0.29) is 17.0 Å². The maximum Gasteiger partial charge on any atom is 0.408 e. The molecule has 3 aliphatic rings. The highest BCUT2D eigenvalue weighted by molar-refractivity contribution is 6.30. The number of aromatic nitrogens is 2. The molecule has 1 aromatic carbocycles. The standard InChI is InChI=1S/C18H20ClN3O3/c1-16(2,3)24-15(23)21-18-8-17(9-18,10-18)14-20-13(25-22-14)11-4-6-12(19)7-5-11/h4-7H,8-10H2,1-3H3,(H,21,23). The minimum Gasteiger partial charge on any atom is -0.444 e. The number of hydrogen-bond acceptors (Lipinski definition) is 5. The summed E-state index contributed by atoms with van der Waals surface area (Å²) in [5, 5.41) is 7.81. The Morgan fingerprint density at radius 2 is 1.88 bits per heavy atom. The maximum atomic E-state index is 12.0. The normalized spacial score (nSPS) is 27.2. The van der Waals surface area contributed by atoms with Crippen molar-refractivity contribution in [3.8, 4) is 11.5 Å². The SMILES string of the molecule is CC(C)(C)OC(=O)NC12CC(c3noc(-c4ccc(Cl)cc4)n3)(C1)C2. The number of carbonyl (C=O) groups is 1. The fourth-order valence-electron chi connectivity index (χ4n) is 3.83. The lowest BCUT2D eigenvalue weighted by Crippen LogP contribution is -2.77. The van der Waals surface area contributed by atoms with E-state index in [4.69, 9.17) is 20.9 Å². The van der Waals surface area contributed by atoms with Gasteiger partial charge >= 0.3 is 6.09 Å². The van der Waals surface area contributed by atoms with Gasteiger partial charge in [-0.1, -0.05) is 16.8 Å². The van der Waals surface area contributed by atoms with E-state index in [2.05, 4.69) is 15.5 Å². The van der Waals surface area contributed by atoms with Crippen LogP contribution in [-0.4, -0.2) is 27.4 Å². The molecule has 0 atom stereocenters. The molecule has 5 rings (SSSR count). The van der Waals surface area contributed by atoms with Gasteiger partial charge in [0.15, 0.2) is 5.82 Å². The fraction of sp³-hybridized carbons (Fsp3) is 0.500. The molecule has 0 radical (unpaired) electrons. The molecule has 0 spiro atoms. The average molecular weight is 362 g/mol. The van der Waals surface area contributed by atoms with Gasteiger partial charge in [0, 0.05) is 21.5 Å². The van der Waals surface area contributed by atoms with Gasteiger partial charge < -0.3 is 14.6 Å². The first kappa shape index (κ1) is 16.4. The second kappa shape index (κ2) is 5.21. The van der Waals surface area contributed by atoms with Gasteiger partial charge in [-0.25, -0.2) is 4.79 Å². The number of amides is 1. The highest BCUT2D eigenvalue weighted by Gasteiger charge is 2.71. The summed E-state index contributed by atoms with van der Waals surface area (Å²) in [6.07, 6.45) is 2.09. The summed E-state index contributed by atoms with van der Waals surface area (Å²) < 4.78 is 10.7. The Hall–Kier alpha value is -2.08. The Labute approximate surface area is 150 Å². The number of alkyl carbamates (subject to hydrolysis) is 1. The smallest absolute Gasteiger partial charge is 0.408 e. The Morgan fingerprint density at radius 3 is 2.48 bits per heavy atom. The van der Waals surface area contributed by atoms with Gasteiger partial charge in [-0.15, -0.1) is 0 Å². The van der Waals surface area contributed by atoms with Crippen molar-refractivity contribution >= 4 is 17.7 Å². The molecular formula is C18H20ClN3O3. The predicted octanol–water partition coefficient (Wildman–Crippen LogP) is 4.09.